The molecule has 0 aliphatic heterocycles. The highest BCUT2D eigenvalue weighted by Gasteiger charge is 2.22. The maximum Gasteiger partial charge on any atom is 0.161 e. The molecule has 0 unspecified atom stereocenters. The topological polar surface area (TPSA) is 114 Å². The second-order valence-electron chi connectivity index (χ2n) is 15.0. The first kappa shape index (κ1) is 34.1. The predicted octanol–water partition coefficient (Wildman–Crippen LogP) is 11.6. The van der Waals surface area contributed by atoms with Gasteiger partial charge in [-0.25, -0.2) is 19.9 Å². The Hall–Kier alpha value is -8.92. The lowest BCUT2D eigenvalue weighted by Gasteiger charge is -2.16. The SMILES string of the molecule is N#Cc1cnc(-c2ccc(-n3c4cc(-n5c6ccccc6c6ccccc65)ccc4c4ccc(-n5c6ccccc6c6ccccc65)cc43)c(-c3ncc(C#N)cn3)c2)nc1. The Kier molecular flexibility index (Phi) is 7.46. The number of rotatable bonds is 5. The Morgan fingerprint density at radius 3 is 1.18 bits per heavy atom. The Balaban J connectivity index is 1.19. The molecule has 5 aromatic heterocycles. The van der Waals surface area contributed by atoms with Crippen molar-refractivity contribution in [3.8, 4) is 52.0 Å². The van der Waals surface area contributed by atoms with Gasteiger partial charge in [-0.15, -0.1) is 0 Å². The van der Waals surface area contributed by atoms with Gasteiger partial charge in [-0.1, -0.05) is 84.9 Å². The summed E-state index contributed by atoms with van der Waals surface area (Å²) in [6.07, 6.45) is 6.13. The predicted molar refractivity (Wildman–Crippen MR) is 241 cm³/mol. The minimum Gasteiger partial charge on any atom is -0.309 e. The molecular formula is C52H29N9. The summed E-state index contributed by atoms with van der Waals surface area (Å²) in [4.78, 5) is 18.5. The first-order chi connectivity index (χ1) is 30.2. The fraction of sp³-hybridized carbons (Fsp3) is 0. The van der Waals surface area contributed by atoms with E-state index in [4.69, 9.17) is 9.97 Å². The third-order valence-electron chi connectivity index (χ3n) is 11.7. The minimum absolute atomic E-state index is 0.361. The molecule has 0 aliphatic rings. The lowest BCUT2D eigenvalue weighted by Crippen LogP contribution is -2.02. The summed E-state index contributed by atoms with van der Waals surface area (Å²) in [6.45, 7) is 0. The molecule has 0 radical (unpaired) electrons. The van der Waals surface area contributed by atoms with E-state index in [0.717, 1.165) is 72.1 Å². The van der Waals surface area contributed by atoms with Crippen LogP contribution in [0, 0.1) is 22.7 Å². The molecule has 61 heavy (non-hydrogen) atoms. The van der Waals surface area contributed by atoms with Crippen LogP contribution in [-0.4, -0.2) is 33.6 Å². The van der Waals surface area contributed by atoms with Crippen molar-refractivity contribution >= 4 is 65.4 Å². The van der Waals surface area contributed by atoms with Crippen LogP contribution in [-0.2, 0) is 0 Å². The van der Waals surface area contributed by atoms with Crippen molar-refractivity contribution in [2.75, 3.05) is 0 Å². The molecule has 9 heteroatoms. The third-order valence-corrected chi connectivity index (χ3v) is 11.7. The first-order valence-electron chi connectivity index (χ1n) is 19.8. The number of nitriles is 2. The monoisotopic (exact) mass is 779 g/mol. The zero-order valence-corrected chi connectivity index (χ0v) is 32.3. The summed E-state index contributed by atoms with van der Waals surface area (Å²) in [6, 6.07) is 57.9. The van der Waals surface area contributed by atoms with E-state index in [0.29, 0.717) is 22.8 Å². The molecule has 0 bridgehead atoms. The van der Waals surface area contributed by atoms with E-state index in [2.05, 4.69) is 175 Å². The highest BCUT2D eigenvalue weighted by Crippen LogP contribution is 2.41. The van der Waals surface area contributed by atoms with Gasteiger partial charge in [0.05, 0.1) is 49.9 Å². The summed E-state index contributed by atoms with van der Waals surface area (Å²) < 4.78 is 6.98. The van der Waals surface area contributed by atoms with E-state index in [9.17, 15) is 10.5 Å². The van der Waals surface area contributed by atoms with Crippen LogP contribution in [0.2, 0.25) is 0 Å². The van der Waals surface area contributed by atoms with Crippen LogP contribution in [0.5, 0.6) is 0 Å². The minimum atomic E-state index is 0.361. The zero-order valence-electron chi connectivity index (χ0n) is 32.3. The Morgan fingerprint density at radius 2 is 0.754 bits per heavy atom. The van der Waals surface area contributed by atoms with Gasteiger partial charge in [0, 0.05) is 79.6 Å². The van der Waals surface area contributed by atoms with Crippen molar-refractivity contribution in [2.45, 2.75) is 0 Å². The molecule has 0 aliphatic carbocycles. The lowest BCUT2D eigenvalue weighted by molar-refractivity contribution is 1.11. The smallest absolute Gasteiger partial charge is 0.161 e. The number of fused-ring (bicyclic) bond motifs is 9. The van der Waals surface area contributed by atoms with Gasteiger partial charge in [-0.05, 0) is 66.7 Å². The van der Waals surface area contributed by atoms with E-state index in [1.165, 1.54) is 33.9 Å². The molecule has 5 heterocycles. The van der Waals surface area contributed by atoms with E-state index < -0.39 is 0 Å². The van der Waals surface area contributed by atoms with Crippen molar-refractivity contribution in [1.29, 1.82) is 10.5 Å². The van der Waals surface area contributed by atoms with Gasteiger partial charge >= 0.3 is 0 Å². The number of aromatic nitrogens is 7. The fourth-order valence-electron chi connectivity index (χ4n) is 9.04. The standard InChI is InChI=1S/C52H29N9/c53-26-32-28-55-51(56-29-32)34-17-22-48(43(23-34)52-57-30-33(27-54)31-58-52)61-49-24-35(59-44-13-5-1-9-37(44)38-10-2-6-14-45(38)59)18-20-41(49)42-21-19-36(25-50(42)61)60-46-15-7-3-11-39(46)40-12-4-8-16-47(40)60/h1-25,28-31H. The molecule has 0 spiro atoms. The number of hydrogen-bond donors (Lipinski definition) is 0. The number of hydrogen-bond acceptors (Lipinski definition) is 6. The van der Waals surface area contributed by atoms with Gasteiger partial charge in [0.25, 0.3) is 0 Å². The van der Waals surface area contributed by atoms with Crippen LogP contribution in [0.15, 0.2) is 176 Å². The van der Waals surface area contributed by atoms with Gasteiger partial charge < -0.3 is 13.7 Å². The molecule has 9 nitrogen and oxygen atoms in total. The second-order valence-corrected chi connectivity index (χ2v) is 15.0. The molecule has 12 rings (SSSR count). The summed E-state index contributed by atoms with van der Waals surface area (Å²) in [5.74, 6) is 0.904. The van der Waals surface area contributed by atoms with Gasteiger partial charge in [-0.2, -0.15) is 10.5 Å². The number of benzene rings is 7. The first-order valence-corrected chi connectivity index (χ1v) is 19.8. The van der Waals surface area contributed by atoms with Gasteiger partial charge in [0.15, 0.2) is 11.6 Å². The Morgan fingerprint density at radius 1 is 0.361 bits per heavy atom. The third kappa shape index (κ3) is 5.18. The van der Waals surface area contributed by atoms with Crippen molar-refractivity contribution < 1.29 is 0 Å². The van der Waals surface area contributed by atoms with Gasteiger partial charge in [-0.3, -0.25) is 0 Å². The molecule has 7 aromatic carbocycles. The molecule has 0 saturated heterocycles. The van der Waals surface area contributed by atoms with E-state index in [-0.39, 0.29) is 0 Å². The van der Waals surface area contributed by atoms with Crippen molar-refractivity contribution in [3.63, 3.8) is 0 Å². The van der Waals surface area contributed by atoms with Crippen LogP contribution < -0.4 is 0 Å². The highest BCUT2D eigenvalue weighted by molar-refractivity contribution is 6.14. The second kappa shape index (κ2) is 13.3. The molecule has 0 N–H and O–H groups in total. The van der Waals surface area contributed by atoms with Gasteiger partial charge in [0.2, 0.25) is 0 Å². The average Bonchev–Trinajstić information content (AvgIpc) is 3.96. The van der Waals surface area contributed by atoms with Crippen LogP contribution in [0.3, 0.4) is 0 Å². The molecule has 12 aromatic rings. The van der Waals surface area contributed by atoms with E-state index >= 15 is 0 Å². The Bertz CT molecular complexity index is 3560. The van der Waals surface area contributed by atoms with Crippen molar-refractivity contribution in [1.82, 2.24) is 33.6 Å². The molecule has 0 atom stereocenters. The van der Waals surface area contributed by atoms with E-state index in [1.54, 1.807) is 12.4 Å². The van der Waals surface area contributed by atoms with Gasteiger partial charge in [0.1, 0.15) is 12.1 Å². The average molecular weight is 780 g/mol. The Labute approximate surface area is 347 Å². The fourth-order valence-corrected chi connectivity index (χ4v) is 9.04. The summed E-state index contributed by atoms with van der Waals surface area (Å²) in [7, 11) is 0. The number of para-hydroxylation sites is 4. The molecule has 0 fully saturated rings. The molecular weight excluding hydrogens is 751 g/mol. The van der Waals surface area contributed by atoms with Crippen molar-refractivity contribution in [3.05, 3.63) is 188 Å². The summed E-state index contributed by atoms with van der Waals surface area (Å²) in [5.41, 5.74) is 11.5. The molecule has 0 amide bonds. The largest absolute Gasteiger partial charge is 0.309 e. The lowest BCUT2D eigenvalue weighted by atomic mass is 10.1. The van der Waals surface area contributed by atoms with Crippen LogP contribution in [0.4, 0.5) is 0 Å². The van der Waals surface area contributed by atoms with Crippen LogP contribution in [0.25, 0.3) is 105 Å². The maximum atomic E-state index is 9.67. The van der Waals surface area contributed by atoms with E-state index in [1.807, 2.05) is 12.1 Å². The molecule has 0 saturated carbocycles. The highest BCUT2D eigenvalue weighted by atomic mass is 15.0. The maximum absolute atomic E-state index is 9.67. The van der Waals surface area contributed by atoms with Crippen molar-refractivity contribution in [2.24, 2.45) is 0 Å². The number of nitrogens with zero attached hydrogens (tertiary/aromatic N) is 9. The quantitative estimate of drug-likeness (QED) is 0.172. The normalized spacial score (nSPS) is 11.6. The summed E-state index contributed by atoms with van der Waals surface area (Å²) in [5, 5.41) is 26.0. The summed E-state index contributed by atoms with van der Waals surface area (Å²) >= 11 is 0. The van der Waals surface area contributed by atoms with Crippen LogP contribution >= 0.6 is 0 Å². The molecule has 282 valence electrons. The zero-order chi connectivity index (χ0) is 40.6. The van der Waals surface area contributed by atoms with Crippen LogP contribution in [0.1, 0.15) is 11.1 Å².